The van der Waals surface area contributed by atoms with Crippen molar-refractivity contribution in [1.82, 2.24) is 5.32 Å². The van der Waals surface area contributed by atoms with Gasteiger partial charge >= 0.3 is 0 Å². The first kappa shape index (κ1) is 17.7. The van der Waals surface area contributed by atoms with Crippen molar-refractivity contribution in [3.63, 3.8) is 0 Å². The summed E-state index contributed by atoms with van der Waals surface area (Å²) in [5.74, 6) is -8.04. The molecule has 1 atom stereocenters. The Morgan fingerprint density at radius 1 is 1.08 bits per heavy atom. The maximum absolute atomic E-state index is 13.5. The van der Waals surface area contributed by atoms with Crippen LogP contribution in [0.4, 0.5) is 22.0 Å². The van der Waals surface area contributed by atoms with Crippen LogP contribution >= 0.6 is 0 Å². The molecule has 0 saturated heterocycles. The van der Waals surface area contributed by atoms with Gasteiger partial charge in [-0.3, -0.25) is 4.79 Å². The van der Waals surface area contributed by atoms with Gasteiger partial charge in [-0.25, -0.2) is 27.3 Å². The summed E-state index contributed by atoms with van der Waals surface area (Å²) >= 11 is 0. The molecule has 2 aromatic carbocycles. The van der Waals surface area contributed by atoms with Crippen molar-refractivity contribution in [3.05, 3.63) is 65.0 Å². The predicted octanol–water partition coefficient (Wildman–Crippen LogP) is 3.48. The van der Waals surface area contributed by atoms with Crippen molar-refractivity contribution in [3.8, 4) is 5.75 Å². The summed E-state index contributed by atoms with van der Waals surface area (Å²) in [6.45, 7) is 0.471. The standard InChI is InChI=1S/C16H11F5NO2/c1-8(24-10-4-2-3-9(17)5-10)16(23)22-7-11-12(18)6-13(19)15(21)14(11)20/h2-6,8H,7H2,1H3. The van der Waals surface area contributed by atoms with Gasteiger partial charge in [-0.1, -0.05) is 6.07 Å². The highest BCUT2D eigenvalue weighted by atomic mass is 19.2. The predicted molar refractivity (Wildman–Crippen MR) is 73.6 cm³/mol. The molecule has 2 aromatic rings. The average Bonchev–Trinajstić information content (AvgIpc) is 2.52. The average molecular weight is 344 g/mol. The normalized spacial score (nSPS) is 11.9. The van der Waals surface area contributed by atoms with Crippen LogP contribution in [0, 0.1) is 29.1 Å². The van der Waals surface area contributed by atoms with Crippen molar-refractivity contribution in [1.29, 1.82) is 0 Å². The first-order valence-electron chi connectivity index (χ1n) is 6.75. The van der Waals surface area contributed by atoms with E-state index in [-0.39, 0.29) is 11.8 Å². The lowest BCUT2D eigenvalue weighted by Gasteiger charge is -2.14. The summed E-state index contributed by atoms with van der Waals surface area (Å²) in [7, 11) is 0. The number of hydrogen-bond donors (Lipinski definition) is 0. The molecule has 1 radical (unpaired) electrons. The Bertz CT molecular complexity index is 766. The van der Waals surface area contributed by atoms with Crippen LogP contribution in [0.25, 0.3) is 0 Å². The maximum Gasteiger partial charge on any atom is 0.282 e. The number of rotatable bonds is 5. The monoisotopic (exact) mass is 344 g/mol. The zero-order valence-electron chi connectivity index (χ0n) is 12.3. The highest BCUT2D eigenvalue weighted by Gasteiger charge is 2.22. The minimum Gasteiger partial charge on any atom is -0.481 e. The highest BCUT2D eigenvalue weighted by molar-refractivity contribution is 5.80. The van der Waals surface area contributed by atoms with Gasteiger partial charge in [-0.15, -0.1) is 0 Å². The minimum atomic E-state index is -1.85. The van der Waals surface area contributed by atoms with Crippen LogP contribution in [0.1, 0.15) is 12.5 Å². The molecule has 0 fully saturated rings. The number of nitrogens with zero attached hydrogens (tertiary/aromatic N) is 1. The van der Waals surface area contributed by atoms with Crippen LogP contribution in [0.15, 0.2) is 30.3 Å². The second-order valence-electron chi connectivity index (χ2n) is 4.82. The molecule has 0 aromatic heterocycles. The number of ether oxygens (including phenoxy) is 1. The summed E-state index contributed by atoms with van der Waals surface area (Å²) in [6, 6.07) is 5.16. The molecule has 3 nitrogen and oxygen atoms in total. The second-order valence-corrected chi connectivity index (χ2v) is 4.82. The molecule has 0 N–H and O–H groups in total. The van der Waals surface area contributed by atoms with Crippen molar-refractivity contribution in [2.75, 3.05) is 0 Å². The first-order valence-corrected chi connectivity index (χ1v) is 6.75. The molecule has 0 bridgehead atoms. The molecule has 0 aliphatic heterocycles. The quantitative estimate of drug-likeness (QED) is 0.473. The summed E-state index contributed by atoms with van der Waals surface area (Å²) < 4.78 is 71.0. The van der Waals surface area contributed by atoms with Gasteiger partial charge in [-0.05, 0) is 19.1 Å². The summed E-state index contributed by atoms with van der Waals surface area (Å²) in [5, 5.41) is 3.38. The van der Waals surface area contributed by atoms with Crippen LogP contribution in [-0.4, -0.2) is 12.0 Å². The number of amides is 1. The lowest BCUT2D eigenvalue weighted by Crippen LogP contribution is -2.32. The number of benzene rings is 2. The van der Waals surface area contributed by atoms with E-state index in [1.807, 2.05) is 0 Å². The molecule has 127 valence electrons. The number of carbonyl (C=O) groups is 1. The van der Waals surface area contributed by atoms with Crippen LogP contribution in [0.5, 0.6) is 5.75 Å². The van der Waals surface area contributed by atoms with Crippen LogP contribution < -0.4 is 10.1 Å². The van der Waals surface area contributed by atoms with Gasteiger partial charge < -0.3 is 4.74 Å². The van der Waals surface area contributed by atoms with Crippen molar-refractivity contribution >= 4 is 5.91 Å². The largest absolute Gasteiger partial charge is 0.481 e. The molecule has 1 amide bonds. The van der Waals surface area contributed by atoms with Crippen molar-refractivity contribution in [2.24, 2.45) is 0 Å². The summed E-state index contributed by atoms with van der Waals surface area (Å²) in [4.78, 5) is 11.8. The van der Waals surface area contributed by atoms with E-state index in [9.17, 15) is 26.7 Å². The number of halogens is 5. The van der Waals surface area contributed by atoms with Crippen LogP contribution in [0.3, 0.4) is 0 Å². The Balaban J connectivity index is 2.02. The molecule has 0 aliphatic carbocycles. The molecule has 8 heteroatoms. The maximum atomic E-state index is 13.5. The number of carbonyl (C=O) groups excluding carboxylic acids is 1. The highest BCUT2D eigenvalue weighted by Crippen LogP contribution is 2.19. The molecule has 0 saturated carbocycles. The Morgan fingerprint density at radius 3 is 2.46 bits per heavy atom. The van der Waals surface area contributed by atoms with E-state index < -0.39 is 53.2 Å². The topological polar surface area (TPSA) is 40.4 Å². The van der Waals surface area contributed by atoms with Gasteiger partial charge in [0.15, 0.2) is 23.6 Å². The number of hydrogen-bond acceptors (Lipinski definition) is 2. The molecule has 24 heavy (non-hydrogen) atoms. The third-order valence-corrected chi connectivity index (χ3v) is 3.06. The van der Waals surface area contributed by atoms with Gasteiger partial charge in [0.25, 0.3) is 5.91 Å². The molecule has 0 spiro atoms. The summed E-state index contributed by atoms with van der Waals surface area (Å²) in [6.07, 6.45) is -1.16. The lowest BCUT2D eigenvalue weighted by atomic mass is 10.1. The molecule has 0 aliphatic rings. The van der Waals surface area contributed by atoms with Gasteiger partial charge in [0.2, 0.25) is 0 Å². The first-order chi connectivity index (χ1) is 11.3. The SMILES string of the molecule is CC(Oc1cccc(F)c1)C(=O)[N]Cc1c(F)cc(F)c(F)c1F. The molecule has 0 heterocycles. The van der Waals surface area contributed by atoms with E-state index in [2.05, 4.69) is 5.32 Å². The van der Waals surface area contributed by atoms with Gasteiger partial charge in [0.05, 0.1) is 6.54 Å². The van der Waals surface area contributed by atoms with Crippen LogP contribution in [0.2, 0.25) is 0 Å². The third-order valence-electron chi connectivity index (χ3n) is 3.06. The van der Waals surface area contributed by atoms with Crippen molar-refractivity contribution < 1.29 is 31.5 Å². The van der Waals surface area contributed by atoms with Gasteiger partial charge in [0.1, 0.15) is 17.4 Å². The lowest BCUT2D eigenvalue weighted by molar-refractivity contribution is -0.127. The van der Waals surface area contributed by atoms with E-state index in [4.69, 9.17) is 4.74 Å². The summed E-state index contributed by atoms with van der Waals surface area (Å²) in [5.41, 5.74) is -0.875. The van der Waals surface area contributed by atoms with Crippen molar-refractivity contribution in [2.45, 2.75) is 19.6 Å². The molecular weight excluding hydrogens is 333 g/mol. The Morgan fingerprint density at radius 2 is 1.79 bits per heavy atom. The fraction of sp³-hybridized carbons (Fsp3) is 0.188. The van der Waals surface area contributed by atoms with E-state index in [0.717, 1.165) is 6.07 Å². The Labute approximate surface area is 134 Å². The second kappa shape index (κ2) is 7.29. The zero-order chi connectivity index (χ0) is 17.9. The zero-order valence-corrected chi connectivity index (χ0v) is 12.3. The molecule has 2 rings (SSSR count). The van der Waals surface area contributed by atoms with Gasteiger partial charge in [-0.2, -0.15) is 0 Å². The fourth-order valence-corrected chi connectivity index (χ4v) is 1.83. The van der Waals surface area contributed by atoms with Gasteiger partial charge in [0, 0.05) is 17.7 Å². The Hall–Kier alpha value is -2.64. The van der Waals surface area contributed by atoms with Crippen LogP contribution in [-0.2, 0) is 11.3 Å². The van der Waals surface area contributed by atoms with E-state index in [0.29, 0.717) is 0 Å². The minimum absolute atomic E-state index is 0.0660. The smallest absolute Gasteiger partial charge is 0.282 e. The molecular formula is C16H11F5NO2. The Kier molecular flexibility index (Phi) is 5.38. The fourth-order valence-electron chi connectivity index (χ4n) is 1.83. The van der Waals surface area contributed by atoms with E-state index in [1.54, 1.807) is 0 Å². The third kappa shape index (κ3) is 4.01. The van der Waals surface area contributed by atoms with E-state index >= 15 is 0 Å². The van der Waals surface area contributed by atoms with E-state index in [1.165, 1.54) is 25.1 Å². The molecule has 1 unspecified atom stereocenters.